The van der Waals surface area contributed by atoms with Crippen LogP contribution in [-0.2, 0) is 42.0 Å². The number of ether oxygens (including phenoxy) is 1. The third-order valence-electron chi connectivity index (χ3n) is 6.53. The number of carboxylic acids is 1. The van der Waals surface area contributed by atoms with Gasteiger partial charge in [-0.25, -0.2) is 13.2 Å². The molecule has 0 saturated carbocycles. The molecule has 4 atom stereocenters. The van der Waals surface area contributed by atoms with Gasteiger partial charge in [0.2, 0.25) is 15.9 Å². The first-order valence-corrected chi connectivity index (χ1v) is 14.5. The van der Waals surface area contributed by atoms with E-state index < -0.39 is 46.3 Å². The van der Waals surface area contributed by atoms with Crippen molar-refractivity contribution in [3.05, 3.63) is 65.7 Å². The monoisotopic (exact) mass is 572 g/mol. The van der Waals surface area contributed by atoms with Gasteiger partial charge in [0.05, 0.1) is 16.8 Å². The Kier molecular flexibility index (Phi) is 10.5. The molecule has 1 fully saturated rings. The summed E-state index contributed by atoms with van der Waals surface area (Å²) in [6, 6.07) is 12.0. The van der Waals surface area contributed by atoms with Gasteiger partial charge < -0.3 is 20.9 Å². The van der Waals surface area contributed by atoms with E-state index in [1.807, 2.05) is 0 Å². The van der Waals surface area contributed by atoms with Gasteiger partial charge in [-0.2, -0.15) is 4.31 Å². The van der Waals surface area contributed by atoms with E-state index in [-0.39, 0.29) is 23.5 Å². The normalized spacial score (nSPS) is 20.7. The van der Waals surface area contributed by atoms with Gasteiger partial charge in [0.15, 0.2) is 0 Å². The highest BCUT2D eigenvalue weighted by molar-refractivity contribution is 7.89. The first kappa shape index (κ1) is 30.9. The van der Waals surface area contributed by atoms with Crippen LogP contribution in [0, 0.1) is 0 Å². The Labute approximate surface area is 234 Å². The van der Waals surface area contributed by atoms with Crippen molar-refractivity contribution < 1.29 is 32.6 Å². The molecule has 11 nitrogen and oxygen atoms in total. The van der Waals surface area contributed by atoms with Crippen molar-refractivity contribution in [2.24, 2.45) is 10.7 Å². The fourth-order valence-electron chi connectivity index (χ4n) is 4.60. The molecule has 1 aliphatic heterocycles. The summed E-state index contributed by atoms with van der Waals surface area (Å²) >= 11 is 0. The number of hydrogen-bond acceptors (Lipinski definition) is 7. The third-order valence-corrected chi connectivity index (χ3v) is 8.48. The fourth-order valence-corrected chi connectivity index (χ4v) is 6.35. The van der Waals surface area contributed by atoms with Gasteiger partial charge in [-0.1, -0.05) is 42.5 Å². The molecule has 1 heterocycles. The zero-order valence-electron chi connectivity index (χ0n) is 22.8. The molecule has 2 unspecified atom stereocenters. The smallest absolute Gasteiger partial charge is 0.326 e. The largest absolute Gasteiger partial charge is 0.480 e. The van der Waals surface area contributed by atoms with E-state index in [0.717, 1.165) is 9.87 Å². The van der Waals surface area contributed by atoms with Crippen molar-refractivity contribution in [1.29, 1.82) is 0 Å². The highest BCUT2D eigenvalue weighted by Crippen LogP contribution is 2.30. The van der Waals surface area contributed by atoms with E-state index in [1.165, 1.54) is 19.1 Å². The number of Topliss-reactive ketones (excluding diaryl/α,β-unsaturated/α-hetero) is 1. The molecule has 12 heteroatoms. The summed E-state index contributed by atoms with van der Waals surface area (Å²) in [5, 5.41) is 12.3. The van der Waals surface area contributed by atoms with Gasteiger partial charge in [-0.05, 0) is 50.5 Å². The molecule has 1 aliphatic rings. The number of nitrogens with one attached hydrogen (secondary N) is 1. The van der Waals surface area contributed by atoms with E-state index in [1.54, 1.807) is 56.3 Å². The Morgan fingerprint density at radius 1 is 1.07 bits per heavy atom. The van der Waals surface area contributed by atoms with E-state index in [0.29, 0.717) is 30.8 Å². The van der Waals surface area contributed by atoms with Crippen molar-refractivity contribution in [1.82, 2.24) is 9.62 Å². The number of ketones is 1. The number of carbonyl (C=O) groups is 3. The molecule has 1 saturated heterocycles. The lowest BCUT2D eigenvalue weighted by molar-refractivity contribution is -0.142. The second-order valence-corrected chi connectivity index (χ2v) is 11.6. The number of hydrogen-bond donors (Lipinski definition) is 3. The number of nitrogens with two attached hydrogens (primary N) is 1. The summed E-state index contributed by atoms with van der Waals surface area (Å²) in [5.74, 6) is -1.49. The van der Waals surface area contributed by atoms with Gasteiger partial charge in [0.1, 0.15) is 24.1 Å². The molecule has 40 heavy (non-hydrogen) atoms. The predicted octanol–water partition coefficient (Wildman–Crippen LogP) is 1.89. The van der Waals surface area contributed by atoms with Crippen LogP contribution in [0.15, 0.2) is 64.5 Å². The van der Waals surface area contributed by atoms with Crippen LogP contribution in [0.3, 0.4) is 0 Å². The molecular weight excluding hydrogens is 536 g/mol. The van der Waals surface area contributed by atoms with Gasteiger partial charge in [0.25, 0.3) is 0 Å². The highest BCUT2D eigenvalue weighted by Gasteiger charge is 2.49. The maximum Gasteiger partial charge on any atom is 0.326 e. The minimum absolute atomic E-state index is 0.00451. The number of aliphatic carboxylic acids is 1. The summed E-state index contributed by atoms with van der Waals surface area (Å²) in [7, 11) is -4.10. The van der Waals surface area contributed by atoms with E-state index >= 15 is 0 Å². The molecule has 1 amide bonds. The van der Waals surface area contributed by atoms with Crippen LogP contribution >= 0.6 is 0 Å². The minimum atomic E-state index is -4.10. The first-order valence-electron chi connectivity index (χ1n) is 13.0. The summed E-state index contributed by atoms with van der Waals surface area (Å²) in [4.78, 5) is 41.6. The molecule has 0 radical (unpaired) electrons. The van der Waals surface area contributed by atoms with Crippen LogP contribution in [-0.4, -0.2) is 72.3 Å². The molecule has 0 bridgehead atoms. The molecule has 2 aromatic carbocycles. The molecule has 0 spiro atoms. The number of benzene rings is 2. The molecule has 0 aromatic heterocycles. The van der Waals surface area contributed by atoms with Crippen LogP contribution in [0.1, 0.15) is 44.7 Å². The fraction of sp³-hybridized carbons (Fsp3) is 0.429. The minimum Gasteiger partial charge on any atom is -0.480 e. The Morgan fingerprint density at radius 2 is 1.70 bits per heavy atom. The van der Waals surface area contributed by atoms with Crippen LogP contribution in [0.4, 0.5) is 0 Å². The quantitative estimate of drug-likeness (QED) is 0.186. The van der Waals surface area contributed by atoms with Crippen molar-refractivity contribution >= 4 is 33.5 Å². The Hall–Kier alpha value is -3.61. The Morgan fingerprint density at radius 3 is 2.30 bits per heavy atom. The molecule has 3 rings (SSSR count). The number of aliphatic imine (C=N–C) groups is 1. The number of carbonyl (C=O) groups excluding carboxylic acids is 2. The topological polar surface area (TPSA) is 168 Å². The van der Waals surface area contributed by atoms with Crippen molar-refractivity contribution in [3.8, 4) is 0 Å². The zero-order chi connectivity index (χ0) is 29.4. The summed E-state index contributed by atoms with van der Waals surface area (Å²) < 4.78 is 33.3. The van der Waals surface area contributed by atoms with Crippen LogP contribution < -0.4 is 11.1 Å². The molecule has 2 aromatic rings. The summed E-state index contributed by atoms with van der Waals surface area (Å²) in [6.07, 6.45) is -0.523. The lowest BCUT2D eigenvalue weighted by Gasteiger charge is -2.27. The van der Waals surface area contributed by atoms with E-state index in [2.05, 4.69) is 10.3 Å². The number of amides is 1. The Bertz CT molecular complexity index is 1330. The molecule has 216 valence electrons. The number of sulfonamides is 1. The van der Waals surface area contributed by atoms with Gasteiger partial charge in [0, 0.05) is 25.8 Å². The molecular formula is C28H36N4O7S. The molecule has 0 aliphatic carbocycles. The number of rotatable bonds is 13. The van der Waals surface area contributed by atoms with E-state index in [4.69, 9.17) is 10.5 Å². The predicted molar refractivity (Wildman–Crippen MR) is 149 cm³/mol. The number of nitrogens with zero attached hydrogens (tertiary/aromatic N) is 2. The lowest BCUT2D eigenvalue weighted by Crippen LogP contribution is -2.54. The van der Waals surface area contributed by atoms with Gasteiger partial charge in [-0.15, -0.1) is 0 Å². The number of amidine groups is 1. The highest BCUT2D eigenvalue weighted by atomic mass is 32.2. The van der Waals surface area contributed by atoms with Crippen LogP contribution in [0.25, 0.3) is 0 Å². The van der Waals surface area contributed by atoms with Crippen molar-refractivity contribution in [2.75, 3.05) is 6.54 Å². The first-order chi connectivity index (χ1) is 18.9. The van der Waals surface area contributed by atoms with Crippen LogP contribution in [0.5, 0.6) is 0 Å². The summed E-state index contributed by atoms with van der Waals surface area (Å²) in [5.41, 5.74) is 6.91. The third kappa shape index (κ3) is 7.96. The SMILES string of the molecule is CC(N)=NCCCC(=O)Cc1ccc(C[C@H](NC(=O)[C@@H]2C(C)OC(C)N2S(=O)(=O)c2ccccc2)C(=O)O)cc1. The second kappa shape index (κ2) is 13.6. The standard InChI is InChI=1S/C28H36N4O7S/c1-18-26(32(20(3)39-18)40(37,38)24-9-5-4-6-10-24)27(34)31-25(28(35)36)17-22-13-11-21(12-14-22)16-23(33)8-7-15-30-19(2)29/h4-6,9-14,18,20,25-26H,7-8,15-17H2,1-3H3,(H2,29,30)(H,31,34)(H,35,36)/t18?,20?,25-,26-/m0/s1. The Balaban J connectivity index is 1.66. The summed E-state index contributed by atoms with van der Waals surface area (Å²) in [6.45, 7) is 5.29. The lowest BCUT2D eigenvalue weighted by atomic mass is 10.0. The average Bonchev–Trinajstić information content (AvgIpc) is 3.21. The average molecular weight is 573 g/mol. The van der Waals surface area contributed by atoms with E-state index in [9.17, 15) is 27.9 Å². The molecule has 4 N–H and O–H groups in total. The van der Waals surface area contributed by atoms with Crippen molar-refractivity contribution in [3.63, 3.8) is 0 Å². The van der Waals surface area contributed by atoms with Gasteiger partial charge in [-0.3, -0.25) is 14.6 Å². The second-order valence-electron chi connectivity index (χ2n) is 9.80. The number of carboxylic acid groups (broad SMARTS) is 1. The maximum absolute atomic E-state index is 13.3. The zero-order valence-corrected chi connectivity index (χ0v) is 23.6. The van der Waals surface area contributed by atoms with Gasteiger partial charge >= 0.3 is 5.97 Å². The van der Waals surface area contributed by atoms with Crippen LogP contribution in [0.2, 0.25) is 0 Å². The maximum atomic E-state index is 13.3. The van der Waals surface area contributed by atoms with Crippen molar-refractivity contribution in [2.45, 2.75) is 75.8 Å².